The van der Waals surface area contributed by atoms with E-state index >= 15 is 0 Å². The maximum atomic E-state index is 11.0. The van der Waals surface area contributed by atoms with Gasteiger partial charge in [0.15, 0.2) is 0 Å². The molecule has 0 aromatic heterocycles. The smallest absolute Gasteiger partial charge is 0.289 e. The number of hydrogen-bond donors (Lipinski definition) is 0. The molecule has 94 valence electrons. The molecule has 0 aliphatic heterocycles. The van der Waals surface area contributed by atoms with Crippen LogP contribution in [0.2, 0.25) is 0 Å². The van der Waals surface area contributed by atoms with Crippen LogP contribution < -0.4 is 0 Å². The van der Waals surface area contributed by atoms with Crippen molar-refractivity contribution in [3.8, 4) is 0 Å². The molecule has 0 saturated heterocycles. The third kappa shape index (κ3) is 5.59. The first-order valence-electron chi connectivity index (χ1n) is 5.65. The Bertz CT molecular complexity index is 364. The largest absolute Gasteiger partial charge is 0.336 e. The van der Waals surface area contributed by atoms with E-state index in [-0.39, 0.29) is 4.82 Å². The van der Waals surface area contributed by atoms with E-state index in [1.54, 1.807) is 11.9 Å². The van der Waals surface area contributed by atoms with Gasteiger partial charge in [0.25, 0.3) is 4.82 Å². The summed E-state index contributed by atoms with van der Waals surface area (Å²) in [6.07, 6.45) is 0.889. The summed E-state index contributed by atoms with van der Waals surface area (Å²) in [7, 11) is 1.79. The van der Waals surface area contributed by atoms with Crippen molar-refractivity contribution in [2.24, 2.45) is 0 Å². The van der Waals surface area contributed by atoms with Crippen LogP contribution in [0.5, 0.6) is 0 Å². The average Bonchev–Trinajstić information content (AvgIpc) is 2.26. The molecule has 0 aliphatic carbocycles. The monoisotopic (exact) mass is 315 g/mol. The fourth-order valence-electron chi connectivity index (χ4n) is 1.39. The lowest BCUT2D eigenvalue weighted by Crippen LogP contribution is -2.23. The lowest BCUT2D eigenvalue weighted by Gasteiger charge is -2.13. The summed E-state index contributed by atoms with van der Waals surface area (Å²) >= 11 is 4.80. The Morgan fingerprint density at radius 1 is 1.35 bits per heavy atom. The summed E-state index contributed by atoms with van der Waals surface area (Å²) in [4.78, 5) is 13.9. The standard InChI is InChI=1S/C13H18BrNOS/c1-10(2)17-12-6-4-11(5-7-12)8-9-15(3)13(14)16/h4-7,10H,8-9H2,1-3H3. The summed E-state index contributed by atoms with van der Waals surface area (Å²) in [6, 6.07) is 8.57. The average molecular weight is 316 g/mol. The van der Waals surface area contributed by atoms with Crippen molar-refractivity contribution in [1.82, 2.24) is 4.90 Å². The van der Waals surface area contributed by atoms with Crippen LogP contribution in [-0.2, 0) is 6.42 Å². The molecular formula is C13H18BrNOS. The molecule has 2 nitrogen and oxygen atoms in total. The second-order valence-corrected chi connectivity index (χ2v) is 6.56. The molecule has 0 saturated carbocycles. The van der Waals surface area contributed by atoms with Gasteiger partial charge in [-0.05, 0) is 24.1 Å². The quantitative estimate of drug-likeness (QED) is 0.461. The van der Waals surface area contributed by atoms with Gasteiger partial charge in [0, 0.05) is 39.7 Å². The highest BCUT2D eigenvalue weighted by molar-refractivity contribution is 9.18. The van der Waals surface area contributed by atoms with Crippen LogP contribution in [0.4, 0.5) is 4.79 Å². The molecule has 1 rings (SSSR count). The summed E-state index contributed by atoms with van der Waals surface area (Å²) in [5.74, 6) is 0. The van der Waals surface area contributed by atoms with Crippen LogP contribution in [0.15, 0.2) is 29.2 Å². The molecule has 4 heteroatoms. The highest BCUT2D eigenvalue weighted by Crippen LogP contribution is 2.22. The minimum Gasteiger partial charge on any atom is -0.336 e. The van der Waals surface area contributed by atoms with Crippen molar-refractivity contribution >= 4 is 32.5 Å². The Hall–Kier alpha value is -0.480. The molecule has 17 heavy (non-hydrogen) atoms. The molecule has 0 unspecified atom stereocenters. The van der Waals surface area contributed by atoms with Gasteiger partial charge in [-0.2, -0.15) is 0 Å². The molecule has 0 bridgehead atoms. The van der Waals surface area contributed by atoms with E-state index in [1.807, 2.05) is 11.8 Å². The molecule has 0 atom stereocenters. The number of hydrogen-bond acceptors (Lipinski definition) is 2. The Balaban J connectivity index is 2.48. The topological polar surface area (TPSA) is 20.3 Å². The van der Waals surface area contributed by atoms with Gasteiger partial charge in [-0.1, -0.05) is 26.0 Å². The van der Waals surface area contributed by atoms with Crippen LogP contribution >= 0.6 is 27.7 Å². The number of thioether (sulfide) groups is 1. The molecule has 1 aromatic carbocycles. The van der Waals surface area contributed by atoms with Gasteiger partial charge in [0.2, 0.25) is 0 Å². The molecule has 0 aliphatic rings. The number of amides is 1. The first-order chi connectivity index (χ1) is 7.99. The van der Waals surface area contributed by atoms with E-state index in [1.165, 1.54) is 10.5 Å². The summed E-state index contributed by atoms with van der Waals surface area (Å²) < 4.78 is 0. The van der Waals surface area contributed by atoms with E-state index < -0.39 is 0 Å². The Morgan fingerprint density at radius 2 is 1.94 bits per heavy atom. The van der Waals surface area contributed by atoms with E-state index in [0.717, 1.165) is 13.0 Å². The van der Waals surface area contributed by atoms with Gasteiger partial charge in [-0.25, -0.2) is 0 Å². The molecule has 1 aromatic rings. The lowest BCUT2D eigenvalue weighted by atomic mass is 10.1. The van der Waals surface area contributed by atoms with Gasteiger partial charge in [-0.15, -0.1) is 11.8 Å². The molecule has 1 amide bonds. The SMILES string of the molecule is CC(C)Sc1ccc(CCN(C)C(=O)Br)cc1. The lowest BCUT2D eigenvalue weighted by molar-refractivity contribution is 0.235. The van der Waals surface area contributed by atoms with Crippen LogP contribution in [0.1, 0.15) is 19.4 Å². The number of carbonyl (C=O) groups is 1. The maximum absolute atomic E-state index is 11.0. The maximum Gasteiger partial charge on any atom is 0.289 e. The fourth-order valence-corrected chi connectivity index (χ4v) is 2.41. The van der Waals surface area contributed by atoms with E-state index in [4.69, 9.17) is 0 Å². The molecule has 0 fully saturated rings. The Morgan fingerprint density at radius 3 is 2.41 bits per heavy atom. The molecule has 0 N–H and O–H groups in total. The number of rotatable bonds is 5. The first-order valence-corrected chi connectivity index (χ1v) is 7.32. The van der Waals surface area contributed by atoms with Crippen molar-refractivity contribution in [3.05, 3.63) is 29.8 Å². The first kappa shape index (κ1) is 14.6. The molecule has 0 radical (unpaired) electrons. The van der Waals surface area contributed by atoms with Crippen molar-refractivity contribution in [2.45, 2.75) is 30.4 Å². The predicted molar refractivity (Wildman–Crippen MR) is 78.1 cm³/mol. The van der Waals surface area contributed by atoms with Gasteiger partial charge < -0.3 is 4.90 Å². The highest BCUT2D eigenvalue weighted by atomic mass is 79.9. The van der Waals surface area contributed by atoms with Gasteiger partial charge in [0.1, 0.15) is 0 Å². The van der Waals surface area contributed by atoms with Crippen LogP contribution in [0.25, 0.3) is 0 Å². The van der Waals surface area contributed by atoms with Crippen molar-refractivity contribution in [1.29, 1.82) is 0 Å². The fraction of sp³-hybridized carbons (Fsp3) is 0.462. The minimum absolute atomic E-state index is 0.0653. The predicted octanol–water partition coefficient (Wildman–Crippen LogP) is 4.18. The molecule has 0 spiro atoms. The number of likely N-dealkylation sites (N-methyl/N-ethyl adjacent to an activating group) is 1. The zero-order valence-electron chi connectivity index (χ0n) is 10.4. The second-order valence-electron chi connectivity index (χ2n) is 4.24. The molecule has 0 heterocycles. The number of benzene rings is 1. The Kier molecular flexibility index (Phi) is 6.06. The van der Waals surface area contributed by atoms with Gasteiger partial charge in [0.05, 0.1) is 0 Å². The van der Waals surface area contributed by atoms with Gasteiger partial charge in [-0.3, -0.25) is 4.79 Å². The number of carbonyl (C=O) groups excluding carboxylic acids is 1. The summed E-state index contributed by atoms with van der Waals surface area (Å²) in [5, 5.41) is 0.609. The number of nitrogens with zero attached hydrogens (tertiary/aromatic N) is 1. The number of halogens is 1. The van der Waals surface area contributed by atoms with Crippen molar-refractivity contribution in [2.75, 3.05) is 13.6 Å². The van der Waals surface area contributed by atoms with Crippen LogP contribution in [-0.4, -0.2) is 28.6 Å². The third-order valence-electron chi connectivity index (χ3n) is 2.33. The Labute approximate surface area is 116 Å². The zero-order valence-corrected chi connectivity index (χ0v) is 12.8. The van der Waals surface area contributed by atoms with E-state index in [0.29, 0.717) is 5.25 Å². The second kappa shape index (κ2) is 7.07. The van der Waals surface area contributed by atoms with Gasteiger partial charge >= 0.3 is 0 Å². The normalized spacial score (nSPS) is 10.6. The van der Waals surface area contributed by atoms with E-state index in [9.17, 15) is 4.79 Å². The van der Waals surface area contributed by atoms with Crippen molar-refractivity contribution in [3.63, 3.8) is 0 Å². The van der Waals surface area contributed by atoms with Crippen molar-refractivity contribution < 1.29 is 4.79 Å². The van der Waals surface area contributed by atoms with E-state index in [2.05, 4.69) is 54.0 Å². The zero-order chi connectivity index (χ0) is 12.8. The van der Waals surface area contributed by atoms with Crippen LogP contribution in [0.3, 0.4) is 0 Å². The highest BCUT2D eigenvalue weighted by Gasteiger charge is 2.04. The third-order valence-corrected chi connectivity index (χ3v) is 3.95. The summed E-state index contributed by atoms with van der Waals surface area (Å²) in [6.45, 7) is 5.12. The summed E-state index contributed by atoms with van der Waals surface area (Å²) in [5.41, 5.74) is 1.26. The van der Waals surface area contributed by atoms with Crippen LogP contribution in [0, 0.1) is 0 Å². The molecular weight excluding hydrogens is 298 g/mol. The minimum atomic E-state index is -0.0653.